The summed E-state index contributed by atoms with van der Waals surface area (Å²) in [6.07, 6.45) is -0.848. The van der Waals surface area contributed by atoms with Gasteiger partial charge in [0.15, 0.2) is 6.10 Å². The van der Waals surface area contributed by atoms with E-state index in [0.29, 0.717) is 16.9 Å². The van der Waals surface area contributed by atoms with Gasteiger partial charge in [-0.05, 0) is 72.0 Å². The molecular weight excluding hydrogens is 395 g/mol. The summed E-state index contributed by atoms with van der Waals surface area (Å²) in [5.41, 5.74) is 0.907. The molecule has 0 aliphatic heterocycles. The van der Waals surface area contributed by atoms with Crippen molar-refractivity contribution < 1.29 is 19.1 Å². The fraction of sp³-hybridized carbons (Fsp3) is 0.176. The second kappa shape index (κ2) is 7.40. The van der Waals surface area contributed by atoms with Gasteiger partial charge in [-0.25, -0.2) is 4.79 Å². The molecule has 0 saturated carbocycles. The number of carbonyl (C=O) groups excluding carboxylic acids is 2. The van der Waals surface area contributed by atoms with Crippen molar-refractivity contribution in [2.75, 3.05) is 7.11 Å². The van der Waals surface area contributed by atoms with Gasteiger partial charge in [-0.3, -0.25) is 4.79 Å². The second-order valence-electron chi connectivity index (χ2n) is 4.65. The van der Waals surface area contributed by atoms with Gasteiger partial charge < -0.3 is 9.47 Å². The third-order valence-corrected chi connectivity index (χ3v) is 3.76. The average molecular weight is 410 g/mol. The Balaban J connectivity index is 2.05. The van der Waals surface area contributed by atoms with E-state index >= 15 is 0 Å². The van der Waals surface area contributed by atoms with Crippen LogP contribution >= 0.6 is 22.6 Å². The summed E-state index contributed by atoms with van der Waals surface area (Å²) >= 11 is 2.12. The molecule has 5 heteroatoms. The zero-order valence-electron chi connectivity index (χ0n) is 12.2. The van der Waals surface area contributed by atoms with Crippen molar-refractivity contribution in [3.05, 3.63) is 63.2 Å². The first-order valence-electron chi connectivity index (χ1n) is 6.66. The van der Waals surface area contributed by atoms with E-state index in [2.05, 4.69) is 22.6 Å². The standard InChI is InChI=1S/C17H15IO4/c1-11(16(19)12-6-8-15(21-2)9-7-12)22-17(20)13-4-3-5-14(18)10-13/h3-11H,1-2H3/t11-/m0/s1. The van der Waals surface area contributed by atoms with Gasteiger partial charge in [-0.1, -0.05) is 6.07 Å². The molecular formula is C17H15IO4. The molecule has 0 aliphatic carbocycles. The number of Topliss-reactive ketones (excluding diaryl/α,β-unsaturated/α-hetero) is 1. The van der Waals surface area contributed by atoms with E-state index in [1.165, 1.54) is 0 Å². The highest BCUT2D eigenvalue weighted by Crippen LogP contribution is 2.15. The Morgan fingerprint density at radius 3 is 2.32 bits per heavy atom. The Bertz CT molecular complexity index is 679. The number of ketones is 1. The van der Waals surface area contributed by atoms with Crippen LogP contribution in [-0.4, -0.2) is 25.0 Å². The lowest BCUT2D eigenvalue weighted by Gasteiger charge is -2.12. The molecule has 0 spiro atoms. The van der Waals surface area contributed by atoms with Gasteiger partial charge in [0, 0.05) is 9.13 Å². The lowest BCUT2D eigenvalue weighted by Crippen LogP contribution is -2.24. The molecule has 2 aromatic rings. The minimum atomic E-state index is -0.848. The van der Waals surface area contributed by atoms with Gasteiger partial charge in [0.1, 0.15) is 5.75 Å². The van der Waals surface area contributed by atoms with Crippen molar-refractivity contribution in [3.63, 3.8) is 0 Å². The highest BCUT2D eigenvalue weighted by Gasteiger charge is 2.20. The third kappa shape index (κ3) is 4.07. The predicted octanol–water partition coefficient (Wildman–Crippen LogP) is 3.73. The van der Waals surface area contributed by atoms with Crippen LogP contribution in [-0.2, 0) is 4.74 Å². The van der Waals surface area contributed by atoms with E-state index in [9.17, 15) is 9.59 Å². The molecule has 2 aromatic carbocycles. The first-order valence-corrected chi connectivity index (χ1v) is 7.74. The highest BCUT2D eigenvalue weighted by molar-refractivity contribution is 14.1. The number of rotatable bonds is 5. The van der Waals surface area contributed by atoms with E-state index in [1.807, 2.05) is 6.07 Å². The molecule has 0 heterocycles. The number of halogens is 1. The Kier molecular flexibility index (Phi) is 5.54. The molecule has 2 rings (SSSR count). The maximum absolute atomic E-state index is 12.3. The van der Waals surface area contributed by atoms with E-state index in [4.69, 9.17) is 9.47 Å². The van der Waals surface area contributed by atoms with Gasteiger partial charge in [0.05, 0.1) is 12.7 Å². The second-order valence-corrected chi connectivity index (χ2v) is 5.90. The van der Waals surface area contributed by atoms with Crippen LogP contribution in [0.4, 0.5) is 0 Å². The quantitative estimate of drug-likeness (QED) is 0.428. The number of ether oxygens (including phenoxy) is 2. The molecule has 0 aliphatic rings. The van der Waals surface area contributed by atoms with Crippen LogP contribution < -0.4 is 4.74 Å². The number of hydrogen-bond donors (Lipinski definition) is 0. The van der Waals surface area contributed by atoms with Gasteiger partial charge in [0.2, 0.25) is 5.78 Å². The SMILES string of the molecule is COc1ccc(C(=O)[C@H](C)OC(=O)c2cccc(I)c2)cc1. The number of carbonyl (C=O) groups is 2. The number of esters is 1. The first-order chi connectivity index (χ1) is 10.5. The topological polar surface area (TPSA) is 52.6 Å². The molecule has 0 aromatic heterocycles. The van der Waals surface area contributed by atoms with Crippen molar-refractivity contribution in [1.29, 1.82) is 0 Å². The molecule has 4 nitrogen and oxygen atoms in total. The zero-order chi connectivity index (χ0) is 16.1. The summed E-state index contributed by atoms with van der Waals surface area (Å²) in [4.78, 5) is 24.3. The Morgan fingerprint density at radius 1 is 1.05 bits per heavy atom. The molecule has 22 heavy (non-hydrogen) atoms. The van der Waals surface area contributed by atoms with Gasteiger partial charge in [0.25, 0.3) is 0 Å². The molecule has 0 unspecified atom stereocenters. The summed E-state index contributed by atoms with van der Waals surface area (Å²) in [5.74, 6) is -0.0884. The lowest BCUT2D eigenvalue weighted by molar-refractivity contribution is 0.0318. The number of benzene rings is 2. The predicted molar refractivity (Wildman–Crippen MR) is 91.4 cm³/mol. The molecule has 0 N–H and O–H groups in total. The molecule has 0 saturated heterocycles. The molecule has 0 fully saturated rings. The lowest BCUT2D eigenvalue weighted by atomic mass is 10.1. The molecule has 0 bridgehead atoms. The number of hydrogen-bond acceptors (Lipinski definition) is 4. The van der Waals surface area contributed by atoms with Crippen LogP contribution in [0.15, 0.2) is 48.5 Å². The van der Waals surface area contributed by atoms with E-state index in [0.717, 1.165) is 3.57 Å². The molecule has 0 radical (unpaired) electrons. The maximum Gasteiger partial charge on any atom is 0.338 e. The summed E-state index contributed by atoms with van der Waals surface area (Å²) in [7, 11) is 1.56. The molecule has 1 atom stereocenters. The normalized spacial score (nSPS) is 11.6. The third-order valence-electron chi connectivity index (χ3n) is 3.09. The van der Waals surface area contributed by atoms with E-state index in [1.54, 1.807) is 56.5 Å². The Hall–Kier alpha value is -1.89. The van der Waals surface area contributed by atoms with Crippen LogP contribution in [0, 0.1) is 3.57 Å². The average Bonchev–Trinajstić information content (AvgIpc) is 2.54. The smallest absolute Gasteiger partial charge is 0.338 e. The summed E-state index contributed by atoms with van der Waals surface area (Å²) < 4.78 is 11.2. The van der Waals surface area contributed by atoms with Crippen molar-refractivity contribution in [2.24, 2.45) is 0 Å². The fourth-order valence-corrected chi connectivity index (χ4v) is 2.43. The van der Waals surface area contributed by atoms with E-state index in [-0.39, 0.29) is 5.78 Å². The Labute approximate surface area is 142 Å². The maximum atomic E-state index is 12.3. The van der Waals surface area contributed by atoms with Crippen molar-refractivity contribution in [3.8, 4) is 5.75 Å². The van der Waals surface area contributed by atoms with Gasteiger partial charge in [-0.2, -0.15) is 0 Å². The van der Waals surface area contributed by atoms with Gasteiger partial charge >= 0.3 is 5.97 Å². The summed E-state index contributed by atoms with van der Waals surface area (Å²) in [6, 6.07) is 13.7. The first kappa shape index (κ1) is 16.5. The Morgan fingerprint density at radius 2 is 1.73 bits per heavy atom. The minimum absolute atomic E-state index is 0.248. The molecule has 0 amide bonds. The van der Waals surface area contributed by atoms with Crippen molar-refractivity contribution in [1.82, 2.24) is 0 Å². The van der Waals surface area contributed by atoms with Crippen molar-refractivity contribution in [2.45, 2.75) is 13.0 Å². The van der Waals surface area contributed by atoms with Crippen LogP contribution in [0.25, 0.3) is 0 Å². The van der Waals surface area contributed by atoms with Crippen LogP contribution in [0.5, 0.6) is 5.75 Å². The zero-order valence-corrected chi connectivity index (χ0v) is 14.4. The van der Waals surface area contributed by atoms with Crippen LogP contribution in [0.3, 0.4) is 0 Å². The monoisotopic (exact) mass is 410 g/mol. The summed E-state index contributed by atoms with van der Waals surface area (Å²) in [6.45, 7) is 1.57. The van der Waals surface area contributed by atoms with Crippen LogP contribution in [0.2, 0.25) is 0 Å². The summed E-state index contributed by atoms with van der Waals surface area (Å²) in [5, 5.41) is 0. The van der Waals surface area contributed by atoms with Crippen LogP contribution in [0.1, 0.15) is 27.6 Å². The fourth-order valence-electron chi connectivity index (χ4n) is 1.89. The van der Waals surface area contributed by atoms with Gasteiger partial charge in [-0.15, -0.1) is 0 Å². The van der Waals surface area contributed by atoms with E-state index < -0.39 is 12.1 Å². The highest BCUT2D eigenvalue weighted by atomic mass is 127. The largest absolute Gasteiger partial charge is 0.497 e. The van der Waals surface area contributed by atoms with Crippen molar-refractivity contribution >= 4 is 34.3 Å². The molecule has 114 valence electrons. The minimum Gasteiger partial charge on any atom is -0.497 e. The number of methoxy groups -OCH3 is 1.